The minimum Gasteiger partial charge on any atom is -0.497 e. The predicted molar refractivity (Wildman–Crippen MR) is 290 cm³/mol. The van der Waals surface area contributed by atoms with Gasteiger partial charge in [-0.2, -0.15) is 0 Å². The maximum atomic E-state index is 14.7. The third kappa shape index (κ3) is 17.1. The van der Waals surface area contributed by atoms with Gasteiger partial charge in [0.05, 0.1) is 50.8 Å². The zero-order valence-corrected chi connectivity index (χ0v) is 47.7. The Morgan fingerprint density at radius 3 is 2.04 bits per heavy atom. The molecule has 2 aliphatic heterocycles. The molecule has 4 rings (SSSR count). The fourth-order valence-corrected chi connectivity index (χ4v) is 10.5. The molecule has 2 N–H and O–H groups in total. The van der Waals surface area contributed by atoms with Crippen LogP contribution in [-0.2, 0) is 65.6 Å². The summed E-state index contributed by atoms with van der Waals surface area (Å²) in [6.45, 7) is 13.6. The van der Waals surface area contributed by atoms with E-state index in [-0.39, 0.29) is 79.7 Å². The van der Waals surface area contributed by atoms with Gasteiger partial charge in [-0.15, -0.1) is 0 Å². The number of imide groups is 1. The number of ether oxygens (including phenoxy) is 5. The van der Waals surface area contributed by atoms with Crippen LogP contribution in [-0.4, -0.2) is 165 Å². The number of amides is 7. The number of nitrogens with one attached hydrogen (secondary N) is 2. The van der Waals surface area contributed by atoms with Crippen molar-refractivity contribution in [1.29, 1.82) is 0 Å². The van der Waals surface area contributed by atoms with E-state index in [1.807, 2.05) is 71.9 Å². The van der Waals surface area contributed by atoms with Gasteiger partial charge in [-0.05, 0) is 61.1 Å². The van der Waals surface area contributed by atoms with E-state index in [2.05, 4.69) is 10.6 Å². The fraction of sp³-hybridized carbons (Fsp3) is 0.621. The molecule has 9 atom stereocenters. The van der Waals surface area contributed by atoms with Crippen molar-refractivity contribution >= 4 is 47.3 Å². The van der Waals surface area contributed by atoms with E-state index in [0.717, 1.165) is 5.56 Å². The van der Waals surface area contributed by atoms with Crippen LogP contribution in [0.3, 0.4) is 0 Å². The second-order valence-corrected chi connectivity index (χ2v) is 21.0. The summed E-state index contributed by atoms with van der Waals surface area (Å²) in [4.78, 5) is 115. The number of benzene rings is 2. The summed E-state index contributed by atoms with van der Waals surface area (Å²) < 4.78 is 28.7. The second kappa shape index (κ2) is 30.6. The van der Waals surface area contributed by atoms with Gasteiger partial charge < -0.3 is 49.0 Å². The number of likely N-dealkylation sites (N-methyl/N-ethyl adjacent to an activating group) is 2. The van der Waals surface area contributed by atoms with Gasteiger partial charge in [0, 0.05) is 78.0 Å². The molecule has 0 unspecified atom stereocenters. The van der Waals surface area contributed by atoms with E-state index in [1.165, 1.54) is 43.3 Å². The molecule has 0 aliphatic carbocycles. The first kappa shape index (κ1) is 63.2. The summed E-state index contributed by atoms with van der Waals surface area (Å²) in [5.41, 5.74) is 1.42. The van der Waals surface area contributed by atoms with Crippen molar-refractivity contribution in [2.24, 2.45) is 23.7 Å². The number of carbonyl (C=O) groups is 8. The van der Waals surface area contributed by atoms with Crippen LogP contribution in [0.1, 0.15) is 111 Å². The summed E-state index contributed by atoms with van der Waals surface area (Å²) in [5.74, 6) is -3.67. The average molecular weight is 1080 g/mol. The number of methoxy groups -OCH3 is 4. The number of rotatable bonds is 31. The maximum absolute atomic E-state index is 14.7. The van der Waals surface area contributed by atoms with Gasteiger partial charge in [0.2, 0.25) is 29.5 Å². The first-order valence-electron chi connectivity index (χ1n) is 27.1. The highest BCUT2D eigenvalue weighted by Crippen LogP contribution is 2.31. The smallest absolute Gasteiger partial charge is 0.329 e. The molecule has 2 aliphatic rings. The molecule has 0 radical (unpaired) electrons. The van der Waals surface area contributed by atoms with Crippen LogP contribution in [0.2, 0.25) is 0 Å². The third-order valence-electron chi connectivity index (χ3n) is 15.1. The lowest BCUT2D eigenvalue weighted by Crippen LogP contribution is -2.60. The highest BCUT2D eigenvalue weighted by molar-refractivity contribution is 6.12. The van der Waals surface area contributed by atoms with Gasteiger partial charge >= 0.3 is 5.97 Å². The molecule has 19 nitrogen and oxygen atoms in total. The Balaban J connectivity index is 1.45. The van der Waals surface area contributed by atoms with E-state index >= 15 is 0 Å². The van der Waals surface area contributed by atoms with Crippen molar-refractivity contribution in [2.45, 2.75) is 155 Å². The molecule has 7 amide bonds. The van der Waals surface area contributed by atoms with Gasteiger partial charge in [-0.25, -0.2) is 4.79 Å². The van der Waals surface area contributed by atoms with E-state index < -0.39 is 66.1 Å². The molecule has 0 aromatic heterocycles. The van der Waals surface area contributed by atoms with E-state index in [0.29, 0.717) is 62.1 Å². The predicted octanol–water partition coefficient (Wildman–Crippen LogP) is 5.50. The van der Waals surface area contributed by atoms with Gasteiger partial charge in [0.25, 0.3) is 11.8 Å². The number of hydrogen-bond acceptors (Lipinski definition) is 13. The first-order valence-corrected chi connectivity index (χ1v) is 27.1. The summed E-state index contributed by atoms with van der Waals surface area (Å²) in [5, 5.41) is 5.92. The Morgan fingerprint density at radius 1 is 0.779 bits per heavy atom. The maximum Gasteiger partial charge on any atom is 0.329 e. The minimum atomic E-state index is -1.05. The highest BCUT2D eigenvalue weighted by Gasteiger charge is 2.44. The molecule has 19 heteroatoms. The average Bonchev–Trinajstić information content (AvgIpc) is 4.04. The molecule has 0 spiro atoms. The van der Waals surface area contributed by atoms with Crippen LogP contribution < -0.4 is 20.1 Å². The third-order valence-corrected chi connectivity index (χ3v) is 15.1. The topological polar surface area (TPSA) is 220 Å². The SMILES string of the molecule is CC[C@H](C)[C@@H]([C@@H](CC(=O)N1CCC[C@H]1[C@H](OC)[C@@H](C)C(=O)N[C@@H](Cc1ccccc1)C(=O)OCc1ccc(OC)cc1OC)OC)N(C)C(=O)[C@@H](NC(=O)[C@H](C(C)C)N(C)C(=O)CCCCCN1C(=O)C=CC1=O)C(C)C. The van der Waals surface area contributed by atoms with E-state index in [9.17, 15) is 38.4 Å². The van der Waals surface area contributed by atoms with Crippen LogP contribution in [0.15, 0.2) is 60.7 Å². The number of nitrogens with zero attached hydrogens (tertiary/aromatic N) is 4. The molecular weight excluding hydrogens is 989 g/mol. The first-order chi connectivity index (χ1) is 36.6. The lowest BCUT2D eigenvalue weighted by molar-refractivity contribution is -0.151. The monoisotopic (exact) mass is 1070 g/mol. The molecule has 77 heavy (non-hydrogen) atoms. The molecule has 426 valence electrons. The zero-order chi connectivity index (χ0) is 57.1. The van der Waals surface area contributed by atoms with Crippen LogP contribution in [0.25, 0.3) is 0 Å². The van der Waals surface area contributed by atoms with Gasteiger partial charge in [-0.1, -0.05) is 91.6 Å². The molecule has 2 aromatic carbocycles. The fourth-order valence-electron chi connectivity index (χ4n) is 10.5. The molecule has 1 saturated heterocycles. The van der Waals surface area contributed by atoms with Crippen LogP contribution in [0.4, 0.5) is 0 Å². The van der Waals surface area contributed by atoms with Crippen molar-refractivity contribution in [3.05, 3.63) is 71.8 Å². The molecule has 2 heterocycles. The number of likely N-dealkylation sites (tertiary alicyclic amines) is 1. The Hall–Kier alpha value is -6.34. The zero-order valence-electron chi connectivity index (χ0n) is 47.7. The van der Waals surface area contributed by atoms with Crippen LogP contribution in [0.5, 0.6) is 11.5 Å². The molecular formula is C58H86N6O13. The number of unbranched alkanes of at least 4 members (excludes halogenated alkanes) is 2. The largest absolute Gasteiger partial charge is 0.497 e. The number of hydrogen-bond donors (Lipinski definition) is 2. The van der Waals surface area contributed by atoms with Crippen molar-refractivity contribution in [2.75, 3.05) is 55.6 Å². The molecule has 0 bridgehead atoms. The van der Waals surface area contributed by atoms with Crippen LogP contribution in [0, 0.1) is 23.7 Å². The normalized spacial score (nSPS) is 17.5. The Kier molecular flexibility index (Phi) is 25.1. The quantitative estimate of drug-likeness (QED) is 0.0542. The second-order valence-electron chi connectivity index (χ2n) is 21.0. The standard InChI is InChI=1S/C58H86N6O13/c1-14-38(6)53(62(9)57(71)51(36(2)3)60-56(70)52(37(4)5)61(8)47(65)25-19-16-20-30-64-48(66)28-29-49(64)67)46(75-12)34-50(68)63-31-21-24-44(63)54(76-13)39(7)55(69)59-43(32-40-22-17-15-18-23-40)58(72)77-35-41-26-27-42(73-10)33-45(41)74-11/h15,17-18,22-23,26-29,33,36-39,43-44,46,51-54H,14,16,19-21,24-25,30-32,34-35H2,1-13H3,(H,59,69)(H,60,70)/t38-,39+,43-,44-,46+,51-,52-,53-,54+/m0/s1. The van der Waals surface area contributed by atoms with Crippen molar-refractivity contribution < 1.29 is 62.0 Å². The summed E-state index contributed by atoms with van der Waals surface area (Å²) in [6.07, 6.45) is 4.70. The molecule has 1 fully saturated rings. The van der Waals surface area contributed by atoms with Crippen LogP contribution >= 0.6 is 0 Å². The molecule has 0 saturated carbocycles. The van der Waals surface area contributed by atoms with Crippen molar-refractivity contribution in [3.8, 4) is 11.5 Å². The Labute approximate surface area is 456 Å². The lowest BCUT2D eigenvalue weighted by atomic mass is 9.89. The van der Waals surface area contributed by atoms with E-state index in [1.54, 1.807) is 56.1 Å². The van der Waals surface area contributed by atoms with E-state index in [4.69, 9.17) is 23.7 Å². The van der Waals surface area contributed by atoms with Gasteiger partial charge in [0.15, 0.2) is 0 Å². The summed E-state index contributed by atoms with van der Waals surface area (Å²) in [6, 6.07) is 10.5. The minimum absolute atomic E-state index is 0.0899. The van der Waals surface area contributed by atoms with Gasteiger partial charge in [0.1, 0.15) is 36.2 Å². The number of esters is 1. The Morgan fingerprint density at radius 2 is 1.45 bits per heavy atom. The Bertz CT molecular complexity index is 2330. The summed E-state index contributed by atoms with van der Waals surface area (Å²) in [7, 11) is 9.31. The number of carbonyl (C=O) groups excluding carboxylic acids is 8. The van der Waals surface area contributed by atoms with Gasteiger partial charge in [-0.3, -0.25) is 38.5 Å². The van der Waals surface area contributed by atoms with Crippen molar-refractivity contribution in [1.82, 2.24) is 30.2 Å². The highest BCUT2D eigenvalue weighted by atomic mass is 16.5. The van der Waals surface area contributed by atoms with Crippen molar-refractivity contribution in [3.63, 3.8) is 0 Å². The lowest BCUT2D eigenvalue weighted by Gasteiger charge is -2.41. The summed E-state index contributed by atoms with van der Waals surface area (Å²) >= 11 is 0. The molecule has 2 aromatic rings.